The molecule has 0 saturated heterocycles. The fraction of sp³-hybridized carbons (Fsp3) is 0.467. The predicted molar refractivity (Wildman–Crippen MR) is 70.0 cm³/mol. The third-order valence-electron chi connectivity index (χ3n) is 3.69. The zero-order chi connectivity index (χ0) is 13.4. The second kappa shape index (κ2) is 4.58. The van der Waals surface area contributed by atoms with Crippen LogP contribution in [0.5, 0.6) is 0 Å². The molecule has 0 spiro atoms. The molecule has 0 aliphatic heterocycles. The largest absolute Gasteiger partial charge is 0.461 e. The van der Waals surface area contributed by atoms with Crippen LogP contribution in [0.2, 0.25) is 0 Å². The van der Waals surface area contributed by atoms with Crippen LogP contribution in [0.4, 0.5) is 0 Å². The lowest BCUT2D eigenvalue weighted by Crippen LogP contribution is -2.26. The molecule has 0 bridgehead atoms. The molecule has 2 aliphatic rings. The van der Waals surface area contributed by atoms with Gasteiger partial charge in [0, 0.05) is 18.0 Å². The van der Waals surface area contributed by atoms with Gasteiger partial charge in [-0.15, -0.1) is 0 Å². The number of rotatable bonds is 4. The van der Waals surface area contributed by atoms with E-state index in [9.17, 15) is 4.79 Å². The lowest BCUT2D eigenvalue weighted by atomic mass is 10.2. The number of nitrogens with one attached hydrogen (secondary N) is 1. The first kappa shape index (κ1) is 12.0. The average molecular weight is 256 g/mol. The minimum absolute atomic E-state index is 0.108. The summed E-state index contributed by atoms with van der Waals surface area (Å²) in [6.45, 7) is 2.19. The molecule has 3 rings (SSSR count). The first-order valence-electron chi connectivity index (χ1n) is 6.70. The van der Waals surface area contributed by atoms with E-state index in [0.717, 1.165) is 25.0 Å². The van der Waals surface area contributed by atoms with E-state index in [0.29, 0.717) is 17.6 Å². The van der Waals surface area contributed by atoms with Gasteiger partial charge >= 0.3 is 0 Å². The summed E-state index contributed by atoms with van der Waals surface area (Å²) in [7, 11) is 0. The van der Waals surface area contributed by atoms with E-state index in [1.807, 2.05) is 18.2 Å². The van der Waals surface area contributed by atoms with Gasteiger partial charge in [0.25, 0.3) is 5.91 Å². The van der Waals surface area contributed by atoms with E-state index in [2.05, 4.69) is 12.2 Å². The van der Waals surface area contributed by atoms with E-state index in [1.54, 1.807) is 0 Å². The van der Waals surface area contributed by atoms with Crippen LogP contribution in [0.3, 0.4) is 0 Å². The molecule has 1 N–H and O–H groups in total. The standard InChI is InChI=1S/C15H16N2O2/c1-9-6-13(9)14-5-4-12(19-14)7-10(8-16)15(18)17-11-2-3-11/h4-5,7,9,11,13H,2-3,6H2,1H3,(H,17,18)/b10-7+/t9-,13-/m1/s1. The van der Waals surface area contributed by atoms with E-state index in [1.165, 1.54) is 6.08 Å². The molecule has 2 saturated carbocycles. The van der Waals surface area contributed by atoms with Crippen molar-refractivity contribution in [1.29, 1.82) is 5.26 Å². The van der Waals surface area contributed by atoms with Gasteiger partial charge in [0.05, 0.1) is 0 Å². The fourth-order valence-electron chi connectivity index (χ4n) is 2.15. The summed E-state index contributed by atoms with van der Waals surface area (Å²) in [5.74, 6) is 2.42. The predicted octanol–water partition coefficient (Wildman–Crippen LogP) is 2.59. The van der Waals surface area contributed by atoms with Crippen molar-refractivity contribution < 1.29 is 9.21 Å². The minimum atomic E-state index is -0.303. The number of nitrogens with zero attached hydrogens (tertiary/aromatic N) is 1. The van der Waals surface area contributed by atoms with Crippen LogP contribution >= 0.6 is 0 Å². The number of hydrogen-bond donors (Lipinski definition) is 1. The molecule has 1 amide bonds. The number of nitriles is 1. The molecular weight excluding hydrogens is 240 g/mol. The summed E-state index contributed by atoms with van der Waals surface area (Å²) in [6.07, 6.45) is 4.70. The molecule has 98 valence electrons. The van der Waals surface area contributed by atoms with Crippen LogP contribution in [-0.4, -0.2) is 11.9 Å². The summed E-state index contributed by atoms with van der Waals surface area (Å²) in [4.78, 5) is 11.8. The Kier molecular flexibility index (Phi) is 2.90. The van der Waals surface area contributed by atoms with Crippen molar-refractivity contribution in [2.24, 2.45) is 5.92 Å². The van der Waals surface area contributed by atoms with Gasteiger partial charge in [-0.1, -0.05) is 6.92 Å². The highest BCUT2D eigenvalue weighted by molar-refractivity contribution is 6.01. The number of furan rings is 1. The number of amides is 1. The van der Waals surface area contributed by atoms with E-state index < -0.39 is 0 Å². The van der Waals surface area contributed by atoms with Crippen LogP contribution in [0.15, 0.2) is 22.1 Å². The molecular formula is C15H16N2O2. The van der Waals surface area contributed by atoms with E-state index in [-0.39, 0.29) is 17.5 Å². The lowest BCUT2D eigenvalue weighted by molar-refractivity contribution is -0.117. The summed E-state index contributed by atoms with van der Waals surface area (Å²) in [5, 5.41) is 11.8. The Hall–Kier alpha value is -2.02. The molecule has 0 unspecified atom stereocenters. The number of hydrogen-bond acceptors (Lipinski definition) is 3. The molecule has 4 nitrogen and oxygen atoms in total. The third-order valence-corrected chi connectivity index (χ3v) is 3.69. The maximum absolute atomic E-state index is 11.8. The smallest absolute Gasteiger partial charge is 0.262 e. The summed E-state index contributed by atoms with van der Waals surface area (Å²) in [5.41, 5.74) is 0.108. The van der Waals surface area contributed by atoms with Crippen molar-refractivity contribution in [3.8, 4) is 6.07 Å². The Morgan fingerprint density at radius 3 is 2.84 bits per heavy atom. The molecule has 0 radical (unpaired) electrons. The van der Waals surface area contributed by atoms with Gasteiger partial charge in [0.15, 0.2) is 0 Å². The molecule has 2 atom stereocenters. The first-order valence-corrected chi connectivity index (χ1v) is 6.70. The second-order valence-corrected chi connectivity index (χ2v) is 5.48. The van der Waals surface area contributed by atoms with Gasteiger partial charge in [-0.05, 0) is 37.3 Å². The van der Waals surface area contributed by atoms with Gasteiger partial charge < -0.3 is 9.73 Å². The van der Waals surface area contributed by atoms with Gasteiger partial charge in [0.2, 0.25) is 0 Å². The van der Waals surface area contributed by atoms with Crippen LogP contribution < -0.4 is 5.32 Å². The van der Waals surface area contributed by atoms with Gasteiger partial charge in [-0.25, -0.2) is 0 Å². The molecule has 2 fully saturated rings. The highest BCUT2D eigenvalue weighted by Crippen LogP contribution is 2.47. The molecule has 1 heterocycles. The number of carbonyl (C=O) groups excluding carboxylic acids is 1. The Labute approximate surface area is 112 Å². The van der Waals surface area contributed by atoms with Crippen molar-refractivity contribution in [2.75, 3.05) is 0 Å². The maximum atomic E-state index is 11.8. The van der Waals surface area contributed by atoms with Crippen LogP contribution in [0.25, 0.3) is 6.08 Å². The summed E-state index contributed by atoms with van der Waals surface area (Å²) in [6, 6.07) is 5.95. The summed E-state index contributed by atoms with van der Waals surface area (Å²) >= 11 is 0. The Morgan fingerprint density at radius 1 is 1.53 bits per heavy atom. The molecule has 4 heteroatoms. The van der Waals surface area contributed by atoms with Crippen molar-refractivity contribution >= 4 is 12.0 Å². The zero-order valence-corrected chi connectivity index (χ0v) is 10.8. The highest BCUT2D eigenvalue weighted by atomic mass is 16.3. The second-order valence-electron chi connectivity index (χ2n) is 5.48. The van der Waals surface area contributed by atoms with E-state index >= 15 is 0 Å². The van der Waals surface area contributed by atoms with E-state index in [4.69, 9.17) is 9.68 Å². The average Bonchev–Trinajstić information content (AvgIpc) is 3.29. The van der Waals surface area contributed by atoms with Crippen LogP contribution in [-0.2, 0) is 4.79 Å². The normalized spacial score (nSPS) is 25.8. The zero-order valence-electron chi connectivity index (χ0n) is 10.8. The Morgan fingerprint density at radius 2 is 2.26 bits per heavy atom. The van der Waals surface area contributed by atoms with Gasteiger partial charge in [-0.2, -0.15) is 5.26 Å². The third kappa shape index (κ3) is 2.70. The number of carbonyl (C=O) groups is 1. The molecule has 2 aliphatic carbocycles. The van der Waals surface area contributed by atoms with Crippen LogP contribution in [0.1, 0.15) is 43.6 Å². The Balaban J connectivity index is 1.72. The quantitative estimate of drug-likeness (QED) is 0.665. The molecule has 1 aromatic rings. The van der Waals surface area contributed by atoms with Crippen molar-refractivity contribution in [2.45, 2.75) is 38.1 Å². The van der Waals surface area contributed by atoms with Crippen molar-refractivity contribution in [3.05, 3.63) is 29.2 Å². The monoisotopic (exact) mass is 256 g/mol. The fourth-order valence-corrected chi connectivity index (χ4v) is 2.15. The summed E-state index contributed by atoms with van der Waals surface area (Å²) < 4.78 is 5.67. The molecule has 1 aromatic heterocycles. The topological polar surface area (TPSA) is 66.0 Å². The lowest BCUT2D eigenvalue weighted by Gasteiger charge is -2.00. The van der Waals surface area contributed by atoms with Gasteiger partial charge in [0.1, 0.15) is 23.2 Å². The highest BCUT2D eigenvalue weighted by Gasteiger charge is 2.36. The molecule has 19 heavy (non-hydrogen) atoms. The van der Waals surface area contributed by atoms with Crippen LogP contribution in [0, 0.1) is 17.2 Å². The Bertz CT molecular complexity index is 575. The maximum Gasteiger partial charge on any atom is 0.262 e. The molecule has 0 aromatic carbocycles. The SMILES string of the molecule is C[C@@H]1C[C@H]1c1ccc(/C=C(\C#N)C(=O)NC2CC2)o1. The first-order chi connectivity index (χ1) is 9.17. The van der Waals surface area contributed by atoms with Crippen molar-refractivity contribution in [3.63, 3.8) is 0 Å². The van der Waals surface area contributed by atoms with Crippen molar-refractivity contribution in [1.82, 2.24) is 5.32 Å². The minimum Gasteiger partial charge on any atom is -0.461 e. The van der Waals surface area contributed by atoms with Gasteiger partial charge in [-0.3, -0.25) is 4.79 Å².